The number of hydrogen-bond acceptors (Lipinski definition) is 3. The second-order valence-corrected chi connectivity index (χ2v) is 7.29. The van der Waals surface area contributed by atoms with E-state index in [0.29, 0.717) is 15.8 Å². The van der Waals surface area contributed by atoms with Gasteiger partial charge in [0.05, 0.1) is 16.2 Å². The van der Waals surface area contributed by atoms with E-state index in [9.17, 15) is 9.59 Å². The zero-order valence-corrected chi connectivity index (χ0v) is 14.5. The Balaban J connectivity index is 1.85. The van der Waals surface area contributed by atoms with E-state index in [1.165, 1.54) is 11.8 Å². The molecule has 22 heavy (non-hydrogen) atoms. The smallest absolute Gasteiger partial charge is 0.243 e. The Bertz CT molecular complexity index is 612. The SMILES string of the molecule is Cc1cccc(C)c1NC(=O)CNC(=O)C1CC(Cl)=C(Cl)S1. The third-order valence-electron chi connectivity index (χ3n) is 3.28. The fourth-order valence-electron chi connectivity index (χ4n) is 2.10. The van der Waals surface area contributed by atoms with E-state index in [1.54, 1.807) is 0 Å². The number of thioether (sulfide) groups is 1. The largest absolute Gasteiger partial charge is 0.346 e. The predicted molar refractivity (Wildman–Crippen MR) is 92.3 cm³/mol. The zero-order chi connectivity index (χ0) is 16.3. The monoisotopic (exact) mass is 358 g/mol. The number of allylic oxidation sites excluding steroid dienone is 1. The Hall–Kier alpha value is -1.17. The lowest BCUT2D eigenvalue weighted by Gasteiger charge is -2.13. The van der Waals surface area contributed by atoms with Crippen LogP contribution in [0.4, 0.5) is 5.69 Å². The molecule has 2 amide bonds. The lowest BCUT2D eigenvalue weighted by Crippen LogP contribution is -2.37. The molecule has 4 nitrogen and oxygen atoms in total. The van der Waals surface area contributed by atoms with Gasteiger partial charge < -0.3 is 10.6 Å². The van der Waals surface area contributed by atoms with Crippen LogP contribution in [0, 0.1) is 13.8 Å². The first-order chi connectivity index (χ1) is 10.4. The van der Waals surface area contributed by atoms with E-state index in [0.717, 1.165) is 16.8 Å². The molecule has 2 N–H and O–H groups in total. The molecule has 0 radical (unpaired) electrons. The highest BCUT2D eigenvalue weighted by atomic mass is 35.5. The van der Waals surface area contributed by atoms with Gasteiger partial charge in [-0.05, 0) is 25.0 Å². The molecule has 0 saturated heterocycles. The van der Waals surface area contributed by atoms with Crippen molar-refractivity contribution in [1.29, 1.82) is 0 Å². The third-order valence-corrected chi connectivity index (χ3v) is 5.45. The van der Waals surface area contributed by atoms with E-state index in [2.05, 4.69) is 10.6 Å². The number of hydrogen-bond donors (Lipinski definition) is 2. The van der Waals surface area contributed by atoms with Crippen molar-refractivity contribution in [3.05, 3.63) is 38.7 Å². The van der Waals surface area contributed by atoms with E-state index < -0.39 is 0 Å². The van der Waals surface area contributed by atoms with Gasteiger partial charge in [-0.1, -0.05) is 53.2 Å². The second-order valence-electron chi connectivity index (χ2n) is 5.02. The summed E-state index contributed by atoms with van der Waals surface area (Å²) in [5.74, 6) is -0.505. The van der Waals surface area contributed by atoms with Crippen LogP contribution in [0.1, 0.15) is 17.5 Å². The number of halogens is 2. The summed E-state index contributed by atoms with van der Waals surface area (Å²) in [6, 6.07) is 5.78. The second kappa shape index (κ2) is 7.40. The van der Waals surface area contributed by atoms with Crippen molar-refractivity contribution < 1.29 is 9.59 Å². The lowest BCUT2D eigenvalue weighted by atomic mass is 10.1. The van der Waals surface area contributed by atoms with E-state index in [1.807, 2.05) is 32.0 Å². The average Bonchev–Trinajstić information content (AvgIpc) is 2.80. The Morgan fingerprint density at radius 2 is 1.91 bits per heavy atom. The Morgan fingerprint density at radius 3 is 2.45 bits per heavy atom. The summed E-state index contributed by atoms with van der Waals surface area (Å²) in [5, 5.41) is 5.55. The van der Waals surface area contributed by atoms with Crippen molar-refractivity contribution in [2.45, 2.75) is 25.5 Å². The number of anilines is 1. The number of carbonyl (C=O) groups excluding carboxylic acids is 2. The zero-order valence-electron chi connectivity index (χ0n) is 12.2. The van der Waals surface area contributed by atoms with Gasteiger partial charge in [-0.3, -0.25) is 9.59 Å². The first-order valence-corrected chi connectivity index (χ1v) is 8.36. The molecular weight excluding hydrogens is 343 g/mol. The lowest BCUT2D eigenvalue weighted by molar-refractivity contribution is -0.123. The number of nitrogens with one attached hydrogen (secondary N) is 2. The summed E-state index contributed by atoms with van der Waals surface area (Å²) in [7, 11) is 0. The maximum Gasteiger partial charge on any atom is 0.243 e. The number of amides is 2. The third kappa shape index (κ3) is 4.18. The van der Waals surface area contributed by atoms with Crippen LogP contribution in [0.3, 0.4) is 0 Å². The molecule has 1 aliphatic rings. The standard InChI is InChI=1S/C15H16Cl2N2O2S/c1-8-4-3-5-9(2)13(8)19-12(20)7-18-15(21)11-6-10(16)14(17)22-11/h3-5,11H,6-7H2,1-2H3,(H,18,21)(H,19,20). The van der Waals surface area contributed by atoms with Gasteiger partial charge in [0.15, 0.2) is 0 Å². The molecule has 1 atom stereocenters. The fourth-order valence-corrected chi connectivity index (χ4v) is 3.78. The van der Waals surface area contributed by atoms with Crippen LogP contribution in [0.15, 0.2) is 27.6 Å². The molecule has 1 aliphatic heterocycles. The summed E-state index contributed by atoms with van der Waals surface area (Å²) in [4.78, 5) is 23.9. The van der Waals surface area contributed by atoms with Gasteiger partial charge in [-0.2, -0.15) is 0 Å². The number of benzene rings is 1. The summed E-state index contributed by atoms with van der Waals surface area (Å²) in [5.41, 5.74) is 2.74. The van der Waals surface area contributed by atoms with Gasteiger partial charge >= 0.3 is 0 Å². The van der Waals surface area contributed by atoms with Crippen molar-refractivity contribution in [3.8, 4) is 0 Å². The minimum atomic E-state index is -0.368. The molecule has 7 heteroatoms. The summed E-state index contributed by atoms with van der Waals surface area (Å²) >= 11 is 12.9. The maximum absolute atomic E-state index is 12.0. The first kappa shape index (κ1) is 17.2. The van der Waals surface area contributed by atoms with Gasteiger partial charge in [0.25, 0.3) is 0 Å². The summed E-state index contributed by atoms with van der Waals surface area (Å²) in [6.45, 7) is 3.76. The Labute approximate surface area is 143 Å². The van der Waals surface area contributed by atoms with Crippen molar-refractivity contribution in [2.24, 2.45) is 0 Å². The number of carbonyl (C=O) groups is 2. The molecule has 1 heterocycles. The molecule has 1 aromatic rings. The van der Waals surface area contributed by atoms with Gasteiger partial charge in [-0.15, -0.1) is 0 Å². The van der Waals surface area contributed by atoms with Crippen LogP contribution in [-0.2, 0) is 9.59 Å². The molecule has 118 valence electrons. The predicted octanol–water partition coefficient (Wildman–Crippen LogP) is 3.51. The molecule has 0 aromatic heterocycles. The Morgan fingerprint density at radius 1 is 1.27 bits per heavy atom. The van der Waals surface area contributed by atoms with Gasteiger partial charge in [-0.25, -0.2) is 0 Å². The molecule has 0 fully saturated rings. The molecule has 1 unspecified atom stereocenters. The molecule has 2 rings (SSSR count). The summed E-state index contributed by atoms with van der Waals surface area (Å²) < 4.78 is 0.446. The average molecular weight is 359 g/mol. The molecule has 0 aliphatic carbocycles. The van der Waals surface area contributed by atoms with Crippen molar-refractivity contribution >= 4 is 52.5 Å². The van der Waals surface area contributed by atoms with Crippen LogP contribution < -0.4 is 10.6 Å². The van der Waals surface area contributed by atoms with Gasteiger partial charge in [0.2, 0.25) is 11.8 Å². The van der Waals surface area contributed by atoms with Crippen LogP contribution in [0.5, 0.6) is 0 Å². The number of aryl methyl sites for hydroxylation is 2. The highest BCUT2D eigenvalue weighted by molar-refractivity contribution is 8.06. The minimum absolute atomic E-state index is 0.0844. The van der Waals surface area contributed by atoms with Crippen molar-refractivity contribution in [2.75, 3.05) is 11.9 Å². The Kier molecular flexibility index (Phi) is 5.78. The van der Waals surface area contributed by atoms with Crippen LogP contribution in [0.2, 0.25) is 0 Å². The number of para-hydroxylation sites is 1. The van der Waals surface area contributed by atoms with Crippen molar-refractivity contribution in [3.63, 3.8) is 0 Å². The molecule has 0 spiro atoms. The molecule has 0 bridgehead atoms. The molecular formula is C15H16Cl2N2O2S. The summed E-state index contributed by atoms with van der Waals surface area (Å²) in [6.07, 6.45) is 0.398. The van der Waals surface area contributed by atoms with Crippen LogP contribution in [-0.4, -0.2) is 23.6 Å². The first-order valence-electron chi connectivity index (χ1n) is 6.73. The van der Waals surface area contributed by atoms with Crippen molar-refractivity contribution in [1.82, 2.24) is 5.32 Å². The quantitative estimate of drug-likeness (QED) is 0.865. The molecule has 0 saturated carbocycles. The van der Waals surface area contributed by atoms with Gasteiger partial charge in [0.1, 0.15) is 0 Å². The van der Waals surface area contributed by atoms with E-state index in [4.69, 9.17) is 23.2 Å². The van der Waals surface area contributed by atoms with E-state index in [-0.39, 0.29) is 23.6 Å². The topological polar surface area (TPSA) is 58.2 Å². The highest BCUT2D eigenvalue weighted by Crippen LogP contribution is 2.41. The maximum atomic E-state index is 12.0. The van der Waals surface area contributed by atoms with Crippen LogP contribution in [0.25, 0.3) is 0 Å². The van der Waals surface area contributed by atoms with Gasteiger partial charge in [0, 0.05) is 17.1 Å². The van der Waals surface area contributed by atoms with Crippen LogP contribution >= 0.6 is 35.0 Å². The highest BCUT2D eigenvalue weighted by Gasteiger charge is 2.29. The molecule has 1 aromatic carbocycles. The fraction of sp³-hybridized carbons (Fsp3) is 0.333. The number of rotatable bonds is 4. The normalized spacial score (nSPS) is 17.5. The van der Waals surface area contributed by atoms with E-state index >= 15 is 0 Å². The minimum Gasteiger partial charge on any atom is -0.346 e.